The number of benzene rings is 1. The van der Waals surface area contributed by atoms with Crippen molar-refractivity contribution in [2.75, 3.05) is 18.0 Å². The first kappa shape index (κ1) is 12.7. The molecule has 1 aliphatic rings. The molecule has 1 saturated heterocycles. The molecule has 1 aliphatic heterocycles. The van der Waals surface area contributed by atoms with E-state index in [-0.39, 0.29) is 6.10 Å². The lowest BCUT2D eigenvalue weighted by molar-refractivity contribution is 0.195. The van der Waals surface area contributed by atoms with E-state index in [9.17, 15) is 5.11 Å². The minimum atomic E-state index is -0.313. The van der Waals surface area contributed by atoms with Gasteiger partial charge in [0.1, 0.15) is 0 Å². The maximum atomic E-state index is 9.36. The average Bonchev–Trinajstić information content (AvgIpc) is 2.29. The van der Waals surface area contributed by atoms with Gasteiger partial charge in [-0.05, 0) is 50.3 Å². The lowest BCUT2D eigenvalue weighted by atomic mass is 10.1. The van der Waals surface area contributed by atoms with Gasteiger partial charge in [0.25, 0.3) is 0 Å². The monoisotopic (exact) mass is 253 g/mol. The Labute approximate surface area is 108 Å². The van der Waals surface area contributed by atoms with Gasteiger partial charge in [0, 0.05) is 13.1 Å². The first-order chi connectivity index (χ1) is 8.16. The molecule has 1 fully saturated rings. The molecule has 94 valence electrons. The summed E-state index contributed by atoms with van der Waals surface area (Å²) in [7, 11) is 0. The van der Waals surface area contributed by atoms with Gasteiger partial charge >= 0.3 is 0 Å². The smallest absolute Gasteiger partial charge is 0.0642 e. The number of hydrogen-bond acceptors (Lipinski definition) is 2. The van der Waals surface area contributed by atoms with Crippen molar-refractivity contribution < 1.29 is 5.11 Å². The van der Waals surface area contributed by atoms with Crippen LogP contribution in [0.15, 0.2) is 18.2 Å². The molecule has 0 aromatic heterocycles. The van der Waals surface area contributed by atoms with Gasteiger partial charge in [-0.2, -0.15) is 0 Å². The van der Waals surface area contributed by atoms with Crippen LogP contribution in [0.3, 0.4) is 0 Å². The molecule has 1 heterocycles. The molecule has 0 bridgehead atoms. The van der Waals surface area contributed by atoms with Crippen molar-refractivity contribution >= 4 is 17.3 Å². The van der Waals surface area contributed by atoms with Crippen LogP contribution >= 0.6 is 11.6 Å². The molecule has 1 unspecified atom stereocenters. The minimum absolute atomic E-state index is 0.313. The highest BCUT2D eigenvalue weighted by molar-refractivity contribution is 6.33. The summed E-state index contributed by atoms with van der Waals surface area (Å²) in [6, 6.07) is 6.14. The number of hydrogen-bond donors (Lipinski definition) is 1. The fourth-order valence-corrected chi connectivity index (χ4v) is 2.73. The quantitative estimate of drug-likeness (QED) is 0.894. The summed E-state index contributed by atoms with van der Waals surface area (Å²) in [5.41, 5.74) is 2.24. The van der Waals surface area contributed by atoms with Crippen LogP contribution in [0, 0.1) is 0 Å². The van der Waals surface area contributed by atoms with Gasteiger partial charge in [-0.15, -0.1) is 0 Å². The van der Waals surface area contributed by atoms with Crippen molar-refractivity contribution in [2.24, 2.45) is 0 Å². The minimum Gasteiger partial charge on any atom is -0.393 e. The Balaban J connectivity index is 2.13. The molecule has 1 N–H and O–H groups in total. The van der Waals surface area contributed by atoms with Crippen LogP contribution in [0.1, 0.15) is 31.7 Å². The van der Waals surface area contributed by atoms with Gasteiger partial charge in [-0.25, -0.2) is 0 Å². The maximum Gasteiger partial charge on any atom is 0.0642 e. The molecule has 1 aromatic rings. The van der Waals surface area contributed by atoms with Gasteiger partial charge in [0.15, 0.2) is 0 Å². The molecule has 0 radical (unpaired) electrons. The Hall–Kier alpha value is -0.730. The first-order valence-corrected chi connectivity index (χ1v) is 6.76. The van der Waals surface area contributed by atoms with E-state index in [0.717, 1.165) is 29.4 Å². The topological polar surface area (TPSA) is 23.5 Å². The standard InChI is InChI=1S/C14H20ClNO/c1-11(17)9-12-5-6-14(13(15)10-12)16-7-3-2-4-8-16/h5-6,10-11,17H,2-4,7-9H2,1H3. The zero-order valence-electron chi connectivity index (χ0n) is 10.3. The number of aliphatic hydroxyl groups is 1. The summed E-state index contributed by atoms with van der Waals surface area (Å²) < 4.78 is 0. The van der Waals surface area contributed by atoms with E-state index < -0.39 is 0 Å². The van der Waals surface area contributed by atoms with Crippen molar-refractivity contribution in [1.82, 2.24) is 0 Å². The number of halogens is 1. The molecule has 0 aliphatic carbocycles. The summed E-state index contributed by atoms with van der Waals surface area (Å²) >= 11 is 6.32. The van der Waals surface area contributed by atoms with Gasteiger partial charge in [-0.1, -0.05) is 17.7 Å². The van der Waals surface area contributed by atoms with E-state index in [0.29, 0.717) is 6.42 Å². The maximum absolute atomic E-state index is 9.36. The van der Waals surface area contributed by atoms with Crippen LogP contribution in [-0.4, -0.2) is 24.3 Å². The third-order valence-corrected chi connectivity index (χ3v) is 3.54. The van der Waals surface area contributed by atoms with Gasteiger partial charge < -0.3 is 10.0 Å². The largest absolute Gasteiger partial charge is 0.393 e. The second kappa shape index (κ2) is 5.74. The molecule has 17 heavy (non-hydrogen) atoms. The number of piperidine rings is 1. The second-order valence-corrected chi connectivity index (χ2v) is 5.29. The molecule has 2 nitrogen and oxygen atoms in total. The second-order valence-electron chi connectivity index (χ2n) is 4.89. The zero-order valence-corrected chi connectivity index (χ0v) is 11.1. The van der Waals surface area contributed by atoms with E-state index in [1.807, 2.05) is 6.07 Å². The Bertz CT molecular complexity index is 372. The summed E-state index contributed by atoms with van der Waals surface area (Å²) in [6.45, 7) is 4.01. The van der Waals surface area contributed by atoms with Crippen LogP contribution in [-0.2, 0) is 6.42 Å². The van der Waals surface area contributed by atoms with E-state index in [2.05, 4.69) is 17.0 Å². The van der Waals surface area contributed by atoms with Crippen LogP contribution in [0.5, 0.6) is 0 Å². The summed E-state index contributed by atoms with van der Waals surface area (Å²) in [6.07, 6.45) is 4.19. The van der Waals surface area contributed by atoms with E-state index in [1.54, 1.807) is 6.92 Å². The van der Waals surface area contributed by atoms with Crippen molar-refractivity contribution in [3.63, 3.8) is 0 Å². The molecule has 0 amide bonds. The molecule has 1 aromatic carbocycles. The predicted molar refractivity (Wildman–Crippen MR) is 72.9 cm³/mol. The van der Waals surface area contributed by atoms with E-state index in [4.69, 9.17) is 11.6 Å². The molecule has 0 spiro atoms. The van der Waals surface area contributed by atoms with Crippen molar-refractivity contribution in [3.05, 3.63) is 28.8 Å². The van der Waals surface area contributed by atoms with Crippen LogP contribution in [0.4, 0.5) is 5.69 Å². The Morgan fingerprint density at radius 1 is 1.29 bits per heavy atom. The van der Waals surface area contributed by atoms with Gasteiger partial charge in [0.05, 0.1) is 16.8 Å². The summed E-state index contributed by atoms with van der Waals surface area (Å²) in [5, 5.41) is 10.2. The molecule has 3 heteroatoms. The summed E-state index contributed by atoms with van der Waals surface area (Å²) in [5.74, 6) is 0. The van der Waals surface area contributed by atoms with E-state index in [1.165, 1.54) is 19.3 Å². The van der Waals surface area contributed by atoms with Crippen molar-refractivity contribution in [1.29, 1.82) is 0 Å². The molecular formula is C14H20ClNO. The fourth-order valence-electron chi connectivity index (χ4n) is 2.41. The summed E-state index contributed by atoms with van der Waals surface area (Å²) in [4.78, 5) is 2.36. The van der Waals surface area contributed by atoms with Gasteiger partial charge in [0.2, 0.25) is 0 Å². The Morgan fingerprint density at radius 3 is 2.59 bits per heavy atom. The highest BCUT2D eigenvalue weighted by Gasteiger charge is 2.14. The number of rotatable bonds is 3. The average molecular weight is 254 g/mol. The van der Waals surface area contributed by atoms with Crippen molar-refractivity contribution in [2.45, 2.75) is 38.7 Å². The highest BCUT2D eigenvalue weighted by atomic mass is 35.5. The third-order valence-electron chi connectivity index (χ3n) is 3.24. The van der Waals surface area contributed by atoms with Crippen LogP contribution in [0.2, 0.25) is 5.02 Å². The zero-order chi connectivity index (χ0) is 12.3. The SMILES string of the molecule is CC(O)Cc1ccc(N2CCCCC2)c(Cl)c1. The van der Waals surface area contributed by atoms with E-state index >= 15 is 0 Å². The third kappa shape index (κ3) is 3.36. The van der Waals surface area contributed by atoms with Crippen LogP contribution in [0.25, 0.3) is 0 Å². The number of anilines is 1. The normalized spacial score (nSPS) is 18.2. The predicted octanol–water partition coefficient (Wildman–Crippen LogP) is 3.25. The molecule has 2 rings (SSSR count). The first-order valence-electron chi connectivity index (χ1n) is 6.38. The number of nitrogens with zero attached hydrogens (tertiary/aromatic N) is 1. The number of aliphatic hydroxyl groups excluding tert-OH is 1. The highest BCUT2D eigenvalue weighted by Crippen LogP contribution is 2.29. The lowest BCUT2D eigenvalue weighted by Gasteiger charge is -2.29. The van der Waals surface area contributed by atoms with Crippen LogP contribution < -0.4 is 4.90 Å². The molecular weight excluding hydrogens is 234 g/mol. The van der Waals surface area contributed by atoms with Crippen molar-refractivity contribution in [3.8, 4) is 0 Å². The Kier molecular flexibility index (Phi) is 4.30. The Morgan fingerprint density at radius 2 is 2.00 bits per heavy atom. The fraction of sp³-hybridized carbons (Fsp3) is 0.571. The molecule has 0 saturated carbocycles. The van der Waals surface area contributed by atoms with Gasteiger partial charge in [-0.3, -0.25) is 0 Å². The lowest BCUT2D eigenvalue weighted by Crippen LogP contribution is -2.29. The molecule has 1 atom stereocenters.